The first kappa shape index (κ1) is 24.8. The van der Waals surface area contributed by atoms with E-state index in [0.29, 0.717) is 10.7 Å². The SMILES string of the molecule is Cc1cc(Cl)c2cc(C(=O)N[C@H](CO)c3ccc([C@H](C)C(=O)OC(C)(C)C)cc3)n(C)c2c1. The highest BCUT2D eigenvalue weighted by Gasteiger charge is 2.24. The molecule has 6 nitrogen and oxygen atoms in total. The third-order valence-electron chi connectivity index (χ3n) is 5.58. The Hall–Kier alpha value is -2.83. The Bertz CT molecular complexity index is 1180. The number of amides is 1. The van der Waals surface area contributed by atoms with E-state index in [1.54, 1.807) is 29.7 Å². The molecular formula is C26H31ClN2O4. The van der Waals surface area contributed by atoms with Crippen LogP contribution in [0.25, 0.3) is 10.9 Å². The summed E-state index contributed by atoms with van der Waals surface area (Å²) in [5, 5.41) is 14.2. The maximum atomic E-state index is 13.0. The molecule has 3 rings (SSSR count). The number of aromatic nitrogens is 1. The van der Waals surface area contributed by atoms with Crippen molar-refractivity contribution in [1.29, 1.82) is 0 Å². The molecular weight excluding hydrogens is 440 g/mol. The first-order chi connectivity index (χ1) is 15.4. The second-order valence-corrected chi connectivity index (χ2v) is 9.81. The van der Waals surface area contributed by atoms with E-state index in [2.05, 4.69) is 5.32 Å². The number of benzene rings is 2. The average molecular weight is 471 g/mol. The summed E-state index contributed by atoms with van der Waals surface area (Å²) in [6.45, 7) is 8.98. The zero-order valence-corrected chi connectivity index (χ0v) is 20.7. The molecule has 176 valence electrons. The highest BCUT2D eigenvalue weighted by Crippen LogP contribution is 2.28. The summed E-state index contributed by atoms with van der Waals surface area (Å²) in [6, 6.07) is 12.2. The van der Waals surface area contributed by atoms with Gasteiger partial charge in [0.2, 0.25) is 0 Å². The fourth-order valence-electron chi connectivity index (χ4n) is 3.75. The number of carbonyl (C=O) groups excluding carboxylic acids is 2. The van der Waals surface area contributed by atoms with Gasteiger partial charge in [0.25, 0.3) is 5.91 Å². The van der Waals surface area contributed by atoms with Crippen molar-refractivity contribution >= 4 is 34.4 Å². The molecule has 2 N–H and O–H groups in total. The lowest BCUT2D eigenvalue weighted by Gasteiger charge is -2.23. The number of ether oxygens (including phenoxy) is 1. The minimum atomic E-state index is -0.599. The topological polar surface area (TPSA) is 80.6 Å². The predicted molar refractivity (Wildman–Crippen MR) is 131 cm³/mol. The van der Waals surface area contributed by atoms with E-state index in [9.17, 15) is 14.7 Å². The van der Waals surface area contributed by atoms with E-state index in [1.807, 2.05) is 59.0 Å². The highest BCUT2D eigenvalue weighted by molar-refractivity contribution is 6.35. The minimum Gasteiger partial charge on any atom is -0.460 e. The lowest BCUT2D eigenvalue weighted by molar-refractivity contribution is -0.156. The van der Waals surface area contributed by atoms with Gasteiger partial charge in [-0.3, -0.25) is 9.59 Å². The van der Waals surface area contributed by atoms with Gasteiger partial charge in [-0.25, -0.2) is 0 Å². The summed E-state index contributed by atoms with van der Waals surface area (Å²) < 4.78 is 7.25. The van der Waals surface area contributed by atoms with E-state index < -0.39 is 17.6 Å². The number of aliphatic hydroxyl groups is 1. The van der Waals surface area contributed by atoms with Crippen LogP contribution in [0.4, 0.5) is 0 Å². The van der Waals surface area contributed by atoms with Crippen LogP contribution in [0.2, 0.25) is 5.02 Å². The Morgan fingerprint density at radius 3 is 2.30 bits per heavy atom. The summed E-state index contributed by atoms with van der Waals surface area (Å²) in [7, 11) is 1.81. The number of fused-ring (bicyclic) bond motifs is 1. The van der Waals surface area contributed by atoms with Crippen molar-refractivity contribution in [3.05, 3.63) is 69.9 Å². The van der Waals surface area contributed by atoms with Gasteiger partial charge < -0.3 is 19.7 Å². The summed E-state index contributed by atoms with van der Waals surface area (Å²) in [6.07, 6.45) is 0. The van der Waals surface area contributed by atoms with Gasteiger partial charge in [0, 0.05) is 12.4 Å². The largest absolute Gasteiger partial charge is 0.460 e. The standard InChI is InChI=1S/C26H31ClN2O4/c1-15-11-20(27)19-13-23(29(6)22(19)12-15)24(31)28-21(14-30)18-9-7-17(8-10-18)16(2)25(32)33-26(3,4)5/h7-13,16,21,30H,14H2,1-6H3,(H,28,31)/t16-,21+/m0/s1. The molecule has 0 aliphatic heterocycles. The molecule has 1 amide bonds. The van der Waals surface area contributed by atoms with E-state index >= 15 is 0 Å². The van der Waals surface area contributed by atoms with Crippen LogP contribution in [0.3, 0.4) is 0 Å². The van der Waals surface area contributed by atoms with Crippen LogP contribution in [0.5, 0.6) is 0 Å². The van der Waals surface area contributed by atoms with Gasteiger partial charge >= 0.3 is 5.97 Å². The van der Waals surface area contributed by atoms with Crippen LogP contribution in [0, 0.1) is 6.92 Å². The van der Waals surface area contributed by atoms with Crippen molar-refractivity contribution < 1.29 is 19.4 Å². The molecule has 3 aromatic rings. The van der Waals surface area contributed by atoms with Crippen molar-refractivity contribution in [2.24, 2.45) is 7.05 Å². The fraction of sp³-hybridized carbons (Fsp3) is 0.385. The molecule has 0 bridgehead atoms. The van der Waals surface area contributed by atoms with Crippen LogP contribution in [0.1, 0.15) is 66.8 Å². The van der Waals surface area contributed by atoms with Gasteiger partial charge in [-0.05, 0) is 69.5 Å². The molecule has 2 aromatic carbocycles. The van der Waals surface area contributed by atoms with Gasteiger partial charge in [-0.2, -0.15) is 0 Å². The third kappa shape index (κ3) is 5.57. The van der Waals surface area contributed by atoms with Gasteiger partial charge in [-0.1, -0.05) is 35.9 Å². The Labute approximate surface area is 199 Å². The Morgan fingerprint density at radius 1 is 1.12 bits per heavy atom. The van der Waals surface area contributed by atoms with E-state index in [-0.39, 0.29) is 18.5 Å². The number of nitrogens with one attached hydrogen (secondary N) is 1. The van der Waals surface area contributed by atoms with Gasteiger partial charge in [0.1, 0.15) is 11.3 Å². The molecule has 0 unspecified atom stereocenters. The number of halogens is 1. The molecule has 1 heterocycles. The van der Waals surface area contributed by atoms with E-state index in [4.69, 9.17) is 16.3 Å². The summed E-state index contributed by atoms with van der Waals surface area (Å²) in [5.74, 6) is -1.04. The summed E-state index contributed by atoms with van der Waals surface area (Å²) in [4.78, 5) is 25.4. The quantitative estimate of drug-likeness (QED) is 0.494. The van der Waals surface area contributed by atoms with E-state index in [1.165, 1.54) is 0 Å². The number of aryl methyl sites for hydroxylation is 2. The molecule has 2 atom stereocenters. The number of aliphatic hydroxyl groups excluding tert-OH is 1. The van der Waals surface area contributed by atoms with E-state index in [0.717, 1.165) is 27.6 Å². The molecule has 0 aliphatic carbocycles. The molecule has 0 aliphatic rings. The lowest BCUT2D eigenvalue weighted by atomic mass is 9.97. The molecule has 0 radical (unpaired) electrons. The molecule has 0 spiro atoms. The van der Waals surface area contributed by atoms with Crippen molar-refractivity contribution in [2.45, 2.75) is 52.2 Å². The number of nitrogens with zero attached hydrogens (tertiary/aromatic N) is 1. The second kappa shape index (κ2) is 9.57. The number of hydrogen-bond acceptors (Lipinski definition) is 4. The first-order valence-electron chi connectivity index (χ1n) is 10.9. The second-order valence-electron chi connectivity index (χ2n) is 9.40. The normalized spacial score (nSPS) is 13.6. The molecule has 0 saturated carbocycles. The molecule has 0 saturated heterocycles. The van der Waals surface area contributed by atoms with Crippen LogP contribution < -0.4 is 5.32 Å². The molecule has 1 aromatic heterocycles. The monoisotopic (exact) mass is 470 g/mol. The average Bonchev–Trinajstić information content (AvgIpc) is 3.07. The molecule has 7 heteroatoms. The molecule has 33 heavy (non-hydrogen) atoms. The van der Waals surface area contributed by atoms with Crippen molar-refractivity contribution in [3.63, 3.8) is 0 Å². The number of hydrogen-bond donors (Lipinski definition) is 2. The Morgan fingerprint density at radius 2 is 1.73 bits per heavy atom. The molecule has 0 fully saturated rings. The summed E-state index contributed by atoms with van der Waals surface area (Å²) in [5.41, 5.74) is 3.31. The van der Waals surface area contributed by atoms with Crippen molar-refractivity contribution in [1.82, 2.24) is 9.88 Å². The van der Waals surface area contributed by atoms with Gasteiger partial charge in [0.15, 0.2) is 0 Å². The smallest absolute Gasteiger partial charge is 0.313 e. The maximum absolute atomic E-state index is 13.0. The summed E-state index contributed by atoms with van der Waals surface area (Å²) >= 11 is 6.36. The van der Waals surface area contributed by atoms with Crippen LogP contribution >= 0.6 is 11.6 Å². The zero-order chi connectivity index (χ0) is 24.5. The number of rotatable bonds is 6. The Kier molecular flexibility index (Phi) is 7.20. The van der Waals surface area contributed by atoms with Crippen molar-refractivity contribution in [2.75, 3.05) is 6.61 Å². The maximum Gasteiger partial charge on any atom is 0.313 e. The number of carbonyl (C=O) groups is 2. The predicted octanol–water partition coefficient (Wildman–Crippen LogP) is 5.05. The highest BCUT2D eigenvalue weighted by atomic mass is 35.5. The number of esters is 1. The van der Waals surface area contributed by atoms with Crippen LogP contribution in [-0.2, 0) is 16.6 Å². The third-order valence-corrected chi connectivity index (χ3v) is 5.89. The zero-order valence-electron chi connectivity index (χ0n) is 19.9. The van der Waals surface area contributed by atoms with Crippen LogP contribution in [0.15, 0.2) is 42.5 Å². The van der Waals surface area contributed by atoms with Gasteiger partial charge in [0.05, 0.1) is 29.1 Å². The fourth-order valence-corrected chi connectivity index (χ4v) is 4.07. The Balaban J connectivity index is 1.78. The first-order valence-corrected chi connectivity index (χ1v) is 11.3. The van der Waals surface area contributed by atoms with Crippen molar-refractivity contribution in [3.8, 4) is 0 Å². The van der Waals surface area contributed by atoms with Crippen LogP contribution in [-0.4, -0.2) is 33.8 Å². The van der Waals surface area contributed by atoms with Gasteiger partial charge in [-0.15, -0.1) is 0 Å². The minimum absolute atomic E-state index is 0.267. The lowest BCUT2D eigenvalue weighted by Crippen LogP contribution is -2.32.